The molecule has 0 heterocycles. The molecule has 2 aromatic carbocycles. The Kier molecular flexibility index (Phi) is 3.30. The van der Waals surface area contributed by atoms with E-state index in [1.807, 2.05) is 12.1 Å². The first-order valence-corrected chi connectivity index (χ1v) is 8.32. The van der Waals surface area contributed by atoms with Crippen molar-refractivity contribution in [3.8, 4) is 17.2 Å². The predicted octanol–water partition coefficient (Wildman–Crippen LogP) is 3.37. The number of methoxy groups -OCH3 is 1. The lowest BCUT2D eigenvalue weighted by Crippen LogP contribution is -2.20. The number of carbonyl (C=O) groups excluding carboxylic acids is 1. The fraction of sp³-hybridized carbons (Fsp3) is 0.350. The second kappa shape index (κ2) is 5.26. The highest BCUT2D eigenvalue weighted by Crippen LogP contribution is 2.47. The van der Waals surface area contributed by atoms with Crippen molar-refractivity contribution in [3.63, 3.8) is 0 Å². The number of carbonyl (C=O) groups is 1. The molecule has 0 radical (unpaired) electrons. The normalized spacial score (nSPS) is 18.6. The molecule has 0 saturated heterocycles. The van der Waals surface area contributed by atoms with E-state index in [1.54, 1.807) is 6.07 Å². The van der Waals surface area contributed by atoms with E-state index in [9.17, 15) is 15.0 Å². The highest BCUT2D eigenvalue weighted by Gasteiger charge is 2.35. The minimum Gasteiger partial charge on any atom is -0.507 e. The molecule has 0 aliphatic heterocycles. The molecular formula is C20H20O4. The lowest BCUT2D eigenvalue weighted by atomic mass is 9.76. The predicted molar refractivity (Wildman–Crippen MR) is 90.2 cm³/mol. The number of hydrogen-bond acceptors (Lipinski definition) is 4. The van der Waals surface area contributed by atoms with Crippen molar-refractivity contribution in [1.82, 2.24) is 0 Å². The van der Waals surface area contributed by atoms with E-state index in [1.165, 1.54) is 7.11 Å². The van der Waals surface area contributed by atoms with Crippen molar-refractivity contribution in [2.45, 2.75) is 32.6 Å². The van der Waals surface area contributed by atoms with Gasteiger partial charge in [0.05, 0.1) is 18.2 Å². The van der Waals surface area contributed by atoms with Crippen LogP contribution >= 0.6 is 0 Å². The lowest BCUT2D eigenvalue weighted by Gasteiger charge is -2.29. The quantitative estimate of drug-likeness (QED) is 0.674. The van der Waals surface area contributed by atoms with E-state index in [0.29, 0.717) is 35.6 Å². The molecule has 1 atom stereocenters. The van der Waals surface area contributed by atoms with Crippen LogP contribution in [0.15, 0.2) is 18.2 Å². The summed E-state index contributed by atoms with van der Waals surface area (Å²) in [6, 6.07) is 5.46. The van der Waals surface area contributed by atoms with E-state index in [0.717, 1.165) is 29.5 Å². The SMILES string of the molecule is COc1cccc2c1C(=O)c1c(O)c3c(c(O)c1C2)C[C@@H](C)CC3. The molecule has 4 rings (SSSR count). The van der Waals surface area contributed by atoms with Gasteiger partial charge in [0.1, 0.15) is 17.2 Å². The molecule has 2 aliphatic carbocycles. The number of fused-ring (bicyclic) bond motifs is 3. The molecular weight excluding hydrogens is 304 g/mol. The number of benzene rings is 2. The van der Waals surface area contributed by atoms with Gasteiger partial charge in [-0.25, -0.2) is 0 Å². The Morgan fingerprint density at radius 1 is 1.08 bits per heavy atom. The van der Waals surface area contributed by atoms with Crippen molar-refractivity contribution >= 4 is 5.78 Å². The van der Waals surface area contributed by atoms with Gasteiger partial charge >= 0.3 is 0 Å². The first kappa shape index (κ1) is 15.1. The van der Waals surface area contributed by atoms with Crippen LogP contribution in [0, 0.1) is 5.92 Å². The fourth-order valence-electron chi connectivity index (χ4n) is 4.09. The molecule has 0 aromatic heterocycles. The molecule has 0 bridgehead atoms. The molecule has 124 valence electrons. The third kappa shape index (κ3) is 1.95. The van der Waals surface area contributed by atoms with Gasteiger partial charge in [-0.2, -0.15) is 0 Å². The number of rotatable bonds is 1. The summed E-state index contributed by atoms with van der Waals surface area (Å²) in [7, 11) is 1.53. The summed E-state index contributed by atoms with van der Waals surface area (Å²) in [5.74, 6) is 0.941. The summed E-state index contributed by atoms with van der Waals surface area (Å²) in [5, 5.41) is 21.6. The van der Waals surface area contributed by atoms with E-state index in [-0.39, 0.29) is 22.8 Å². The maximum Gasteiger partial charge on any atom is 0.201 e. The van der Waals surface area contributed by atoms with Crippen LogP contribution in [0.25, 0.3) is 0 Å². The Hall–Kier alpha value is -2.49. The Balaban J connectivity index is 1.97. The van der Waals surface area contributed by atoms with Gasteiger partial charge in [0, 0.05) is 23.1 Å². The Morgan fingerprint density at radius 3 is 2.62 bits per heavy atom. The van der Waals surface area contributed by atoms with Crippen LogP contribution in [-0.4, -0.2) is 23.1 Å². The van der Waals surface area contributed by atoms with Crippen molar-refractivity contribution in [2.75, 3.05) is 7.11 Å². The molecule has 0 saturated carbocycles. The van der Waals surface area contributed by atoms with Gasteiger partial charge in [0.2, 0.25) is 5.78 Å². The van der Waals surface area contributed by atoms with Crippen LogP contribution in [0.5, 0.6) is 17.2 Å². The Bertz CT molecular complexity index is 867. The van der Waals surface area contributed by atoms with Crippen LogP contribution < -0.4 is 4.74 Å². The van der Waals surface area contributed by atoms with E-state index in [2.05, 4.69) is 6.92 Å². The van der Waals surface area contributed by atoms with Crippen molar-refractivity contribution < 1.29 is 19.7 Å². The van der Waals surface area contributed by atoms with E-state index >= 15 is 0 Å². The smallest absolute Gasteiger partial charge is 0.201 e. The summed E-state index contributed by atoms with van der Waals surface area (Å²) >= 11 is 0. The summed E-state index contributed by atoms with van der Waals surface area (Å²) in [6.45, 7) is 2.14. The monoisotopic (exact) mass is 324 g/mol. The number of hydrogen-bond donors (Lipinski definition) is 2. The van der Waals surface area contributed by atoms with Gasteiger partial charge in [-0.05, 0) is 36.8 Å². The average molecular weight is 324 g/mol. The van der Waals surface area contributed by atoms with Gasteiger partial charge in [-0.15, -0.1) is 0 Å². The van der Waals surface area contributed by atoms with Crippen LogP contribution in [-0.2, 0) is 19.3 Å². The zero-order chi connectivity index (χ0) is 17.0. The molecule has 2 aromatic rings. The lowest BCUT2D eigenvalue weighted by molar-refractivity contribution is 0.102. The molecule has 24 heavy (non-hydrogen) atoms. The van der Waals surface area contributed by atoms with E-state index in [4.69, 9.17) is 4.74 Å². The molecule has 0 fully saturated rings. The third-order valence-corrected chi connectivity index (χ3v) is 5.35. The van der Waals surface area contributed by atoms with Crippen LogP contribution in [0.2, 0.25) is 0 Å². The second-order valence-electron chi connectivity index (χ2n) is 6.86. The summed E-state index contributed by atoms with van der Waals surface area (Å²) in [4.78, 5) is 13.1. The van der Waals surface area contributed by atoms with Gasteiger partial charge in [0.25, 0.3) is 0 Å². The molecule has 4 heteroatoms. The summed E-state index contributed by atoms with van der Waals surface area (Å²) in [6.07, 6.45) is 2.80. The third-order valence-electron chi connectivity index (χ3n) is 5.35. The number of phenols is 2. The minimum atomic E-state index is -0.266. The van der Waals surface area contributed by atoms with Gasteiger partial charge < -0.3 is 14.9 Å². The Labute approximate surface area is 140 Å². The van der Waals surface area contributed by atoms with Crippen molar-refractivity contribution in [3.05, 3.63) is 51.6 Å². The summed E-state index contributed by atoms with van der Waals surface area (Å²) < 4.78 is 5.33. The molecule has 2 N–H and O–H groups in total. The Morgan fingerprint density at radius 2 is 1.88 bits per heavy atom. The highest BCUT2D eigenvalue weighted by atomic mass is 16.5. The van der Waals surface area contributed by atoms with Crippen LogP contribution in [0.4, 0.5) is 0 Å². The number of phenolic OH excluding ortho intramolecular Hbond substituents is 2. The molecule has 0 unspecified atom stereocenters. The molecule has 0 amide bonds. The number of aromatic hydroxyl groups is 2. The topological polar surface area (TPSA) is 66.8 Å². The standard InChI is InChI=1S/C20H20O4/c1-10-6-7-12-13(8-10)18(21)14-9-11-4-3-5-15(24-2)16(11)20(23)17(14)19(12)22/h3-5,10,21-22H,6-9H2,1-2H3/t10-/m0/s1. The molecule has 0 spiro atoms. The average Bonchev–Trinajstić information content (AvgIpc) is 2.58. The fourth-order valence-corrected chi connectivity index (χ4v) is 4.09. The van der Waals surface area contributed by atoms with Crippen LogP contribution in [0.1, 0.15) is 51.5 Å². The van der Waals surface area contributed by atoms with Gasteiger partial charge in [-0.1, -0.05) is 19.1 Å². The maximum atomic E-state index is 13.1. The van der Waals surface area contributed by atoms with E-state index < -0.39 is 0 Å². The number of ketones is 1. The molecule has 2 aliphatic rings. The van der Waals surface area contributed by atoms with Gasteiger partial charge in [-0.3, -0.25) is 4.79 Å². The second-order valence-corrected chi connectivity index (χ2v) is 6.86. The van der Waals surface area contributed by atoms with Crippen molar-refractivity contribution in [2.24, 2.45) is 5.92 Å². The highest BCUT2D eigenvalue weighted by molar-refractivity contribution is 6.16. The summed E-state index contributed by atoms with van der Waals surface area (Å²) in [5.41, 5.74) is 3.65. The first-order chi connectivity index (χ1) is 11.5. The zero-order valence-electron chi connectivity index (χ0n) is 13.8. The van der Waals surface area contributed by atoms with Crippen molar-refractivity contribution in [1.29, 1.82) is 0 Å². The molecule has 4 nitrogen and oxygen atoms in total. The number of ether oxygens (including phenoxy) is 1. The zero-order valence-corrected chi connectivity index (χ0v) is 13.8. The van der Waals surface area contributed by atoms with Gasteiger partial charge in [0.15, 0.2) is 0 Å². The van der Waals surface area contributed by atoms with Crippen LogP contribution in [0.3, 0.4) is 0 Å². The largest absolute Gasteiger partial charge is 0.507 e. The minimum absolute atomic E-state index is 0.0475. The first-order valence-electron chi connectivity index (χ1n) is 8.32. The maximum absolute atomic E-state index is 13.1.